The van der Waals surface area contributed by atoms with Gasteiger partial charge in [-0.05, 0) is 55.5 Å². The molecule has 3 aromatic rings. The van der Waals surface area contributed by atoms with Gasteiger partial charge in [0.15, 0.2) is 5.16 Å². The van der Waals surface area contributed by atoms with Crippen LogP contribution in [0.25, 0.3) is 5.69 Å². The summed E-state index contributed by atoms with van der Waals surface area (Å²) in [6.07, 6.45) is 0. The first-order valence-electron chi connectivity index (χ1n) is 7.81. The fourth-order valence-electron chi connectivity index (χ4n) is 2.33. The average molecular weight is 389 g/mol. The Bertz CT molecular complexity index is 895. The molecule has 1 aromatic heterocycles. The Morgan fingerprint density at radius 2 is 1.85 bits per heavy atom. The van der Waals surface area contributed by atoms with Crippen LogP contribution in [0.5, 0.6) is 5.75 Å². The highest BCUT2D eigenvalue weighted by atomic mass is 35.5. The second kappa shape index (κ2) is 8.25. The SMILES string of the molecule is COc1ccc(NC(=O)CSc2nnc(C)n2-c2ccc(Cl)cc2)cc1. The molecule has 8 heteroatoms. The monoisotopic (exact) mass is 388 g/mol. The lowest BCUT2D eigenvalue weighted by atomic mass is 10.3. The number of hydrogen-bond acceptors (Lipinski definition) is 5. The maximum Gasteiger partial charge on any atom is 0.234 e. The third kappa shape index (κ3) is 4.36. The van der Waals surface area contributed by atoms with Crippen molar-refractivity contribution < 1.29 is 9.53 Å². The number of aryl methyl sites for hydroxylation is 1. The molecule has 0 bridgehead atoms. The van der Waals surface area contributed by atoms with Crippen molar-refractivity contribution in [1.29, 1.82) is 0 Å². The van der Waals surface area contributed by atoms with Gasteiger partial charge in [0.05, 0.1) is 12.9 Å². The molecule has 1 N–H and O–H groups in total. The Kier molecular flexibility index (Phi) is 5.80. The molecule has 0 aliphatic rings. The van der Waals surface area contributed by atoms with Crippen LogP contribution in [0.2, 0.25) is 5.02 Å². The Balaban J connectivity index is 1.66. The van der Waals surface area contributed by atoms with Crippen molar-refractivity contribution >= 4 is 35.0 Å². The number of carbonyl (C=O) groups is 1. The van der Waals surface area contributed by atoms with E-state index in [1.165, 1.54) is 11.8 Å². The Morgan fingerprint density at radius 1 is 1.15 bits per heavy atom. The second-order valence-corrected chi connectivity index (χ2v) is 6.79. The largest absolute Gasteiger partial charge is 0.497 e. The van der Waals surface area contributed by atoms with E-state index in [1.807, 2.05) is 23.6 Å². The van der Waals surface area contributed by atoms with Gasteiger partial charge in [-0.1, -0.05) is 23.4 Å². The van der Waals surface area contributed by atoms with Gasteiger partial charge >= 0.3 is 0 Å². The molecule has 0 saturated carbocycles. The number of thioether (sulfide) groups is 1. The molecule has 3 rings (SSSR count). The predicted molar refractivity (Wildman–Crippen MR) is 103 cm³/mol. The van der Waals surface area contributed by atoms with E-state index in [2.05, 4.69) is 15.5 Å². The standard InChI is InChI=1S/C18H17ClN4O2S/c1-12-21-22-18(23(12)15-7-3-13(19)4-8-15)26-11-17(24)20-14-5-9-16(25-2)10-6-14/h3-10H,11H2,1-2H3,(H,20,24). The van der Waals surface area contributed by atoms with E-state index in [0.717, 1.165) is 17.3 Å². The van der Waals surface area contributed by atoms with Crippen LogP contribution in [-0.2, 0) is 4.79 Å². The van der Waals surface area contributed by atoms with Crippen LogP contribution in [-0.4, -0.2) is 33.5 Å². The quantitative estimate of drug-likeness (QED) is 0.647. The summed E-state index contributed by atoms with van der Waals surface area (Å²) in [6, 6.07) is 14.6. The molecule has 0 saturated heterocycles. The third-order valence-corrected chi connectivity index (χ3v) is 4.77. The van der Waals surface area contributed by atoms with Crippen molar-refractivity contribution in [1.82, 2.24) is 14.8 Å². The molecule has 0 aliphatic carbocycles. The molecule has 6 nitrogen and oxygen atoms in total. The van der Waals surface area contributed by atoms with Crippen LogP contribution in [0, 0.1) is 6.92 Å². The first kappa shape index (κ1) is 18.3. The molecule has 0 aliphatic heterocycles. The van der Waals surface area contributed by atoms with Crippen molar-refractivity contribution in [3.63, 3.8) is 0 Å². The van der Waals surface area contributed by atoms with Crippen LogP contribution in [0.15, 0.2) is 53.7 Å². The summed E-state index contributed by atoms with van der Waals surface area (Å²) in [4.78, 5) is 12.2. The highest BCUT2D eigenvalue weighted by Crippen LogP contribution is 2.23. The molecule has 0 atom stereocenters. The molecular weight excluding hydrogens is 372 g/mol. The normalized spacial score (nSPS) is 10.6. The van der Waals surface area contributed by atoms with Gasteiger partial charge in [0.1, 0.15) is 11.6 Å². The smallest absolute Gasteiger partial charge is 0.234 e. The fourth-order valence-corrected chi connectivity index (χ4v) is 3.25. The molecule has 26 heavy (non-hydrogen) atoms. The Labute approximate surface area is 160 Å². The van der Waals surface area contributed by atoms with Crippen molar-refractivity contribution in [2.75, 3.05) is 18.2 Å². The lowest BCUT2D eigenvalue weighted by molar-refractivity contribution is -0.113. The van der Waals surface area contributed by atoms with Gasteiger partial charge in [0, 0.05) is 16.4 Å². The molecule has 0 radical (unpaired) electrons. The van der Waals surface area contributed by atoms with Gasteiger partial charge in [0.25, 0.3) is 0 Å². The molecule has 2 aromatic carbocycles. The van der Waals surface area contributed by atoms with E-state index in [-0.39, 0.29) is 11.7 Å². The van der Waals surface area contributed by atoms with Crippen LogP contribution in [0.1, 0.15) is 5.82 Å². The fraction of sp³-hybridized carbons (Fsp3) is 0.167. The number of amides is 1. The number of carbonyl (C=O) groups excluding carboxylic acids is 1. The molecule has 1 amide bonds. The van der Waals surface area contributed by atoms with Crippen molar-refractivity contribution in [3.8, 4) is 11.4 Å². The first-order chi connectivity index (χ1) is 12.6. The number of nitrogens with one attached hydrogen (secondary N) is 1. The second-order valence-electron chi connectivity index (χ2n) is 5.41. The number of benzene rings is 2. The molecule has 1 heterocycles. The van der Waals surface area contributed by atoms with Crippen LogP contribution < -0.4 is 10.1 Å². The number of aromatic nitrogens is 3. The maximum atomic E-state index is 12.2. The van der Waals surface area contributed by atoms with Crippen molar-refractivity contribution in [2.24, 2.45) is 0 Å². The highest BCUT2D eigenvalue weighted by Gasteiger charge is 2.13. The van der Waals surface area contributed by atoms with Crippen molar-refractivity contribution in [2.45, 2.75) is 12.1 Å². The van der Waals surface area contributed by atoms with E-state index < -0.39 is 0 Å². The summed E-state index contributed by atoms with van der Waals surface area (Å²) in [5.41, 5.74) is 1.61. The van der Waals surface area contributed by atoms with Gasteiger partial charge in [-0.2, -0.15) is 0 Å². The number of anilines is 1. The summed E-state index contributed by atoms with van der Waals surface area (Å²) in [5, 5.41) is 12.4. The predicted octanol–water partition coefficient (Wildman–Crippen LogP) is 3.97. The minimum atomic E-state index is -0.122. The summed E-state index contributed by atoms with van der Waals surface area (Å²) < 4.78 is 6.99. The van der Waals surface area contributed by atoms with E-state index >= 15 is 0 Å². The number of methoxy groups -OCH3 is 1. The lowest BCUT2D eigenvalue weighted by Gasteiger charge is -2.09. The topological polar surface area (TPSA) is 69.0 Å². The van der Waals surface area contributed by atoms with E-state index in [9.17, 15) is 4.79 Å². The highest BCUT2D eigenvalue weighted by molar-refractivity contribution is 7.99. The zero-order chi connectivity index (χ0) is 18.5. The van der Waals surface area contributed by atoms with Crippen LogP contribution in [0.3, 0.4) is 0 Å². The minimum absolute atomic E-state index is 0.122. The number of halogens is 1. The number of ether oxygens (including phenoxy) is 1. The van der Waals surface area contributed by atoms with Gasteiger partial charge in [0.2, 0.25) is 5.91 Å². The van der Waals surface area contributed by atoms with Gasteiger partial charge in [-0.15, -0.1) is 10.2 Å². The van der Waals surface area contributed by atoms with Gasteiger partial charge in [-0.3, -0.25) is 9.36 Å². The van der Waals surface area contributed by atoms with E-state index in [0.29, 0.717) is 15.9 Å². The average Bonchev–Trinajstić information content (AvgIpc) is 3.02. The minimum Gasteiger partial charge on any atom is -0.497 e. The number of hydrogen-bond donors (Lipinski definition) is 1. The van der Waals surface area contributed by atoms with Crippen LogP contribution >= 0.6 is 23.4 Å². The summed E-state index contributed by atoms with van der Waals surface area (Å²) in [5.74, 6) is 1.58. The Hall–Kier alpha value is -2.51. The number of nitrogens with zero attached hydrogens (tertiary/aromatic N) is 3. The Morgan fingerprint density at radius 3 is 2.50 bits per heavy atom. The zero-order valence-electron chi connectivity index (χ0n) is 14.3. The molecular formula is C18H17ClN4O2S. The molecule has 0 unspecified atom stereocenters. The zero-order valence-corrected chi connectivity index (χ0v) is 15.8. The lowest BCUT2D eigenvalue weighted by Crippen LogP contribution is -2.14. The number of rotatable bonds is 6. The molecule has 134 valence electrons. The molecule has 0 fully saturated rings. The van der Waals surface area contributed by atoms with Gasteiger partial charge in [-0.25, -0.2) is 0 Å². The molecule has 0 spiro atoms. The maximum absolute atomic E-state index is 12.2. The third-order valence-electron chi connectivity index (χ3n) is 3.59. The first-order valence-corrected chi connectivity index (χ1v) is 9.18. The van der Waals surface area contributed by atoms with E-state index in [4.69, 9.17) is 16.3 Å². The van der Waals surface area contributed by atoms with Crippen LogP contribution in [0.4, 0.5) is 5.69 Å². The summed E-state index contributed by atoms with van der Waals surface area (Å²) >= 11 is 7.27. The van der Waals surface area contributed by atoms with E-state index in [1.54, 1.807) is 43.5 Å². The van der Waals surface area contributed by atoms with Crippen molar-refractivity contribution in [3.05, 3.63) is 59.4 Å². The van der Waals surface area contributed by atoms with Gasteiger partial charge < -0.3 is 10.1 Å². The summed E-state index contributed by atoms with van der Waals surface area (Å²) in [6.45, 7) is 1.86. The summed E-state index contributed by atoms with van der Waals surface area (Å²) in [7, 11) is 1.60.